The van der Waals surface area contributed by atoms with Gasteiger partial charge in [-0.25, -0.2) is 0 Å². The van der Waals surface area contributed by atoms with Gasteiger partial charge in [0.2, 0.25) is 5.91 Å². The number of ether oxygens (including phenoxy) is 1. The van der Waals surface area contributed by atoms with Gasteiger partial charge in [0.15, 0.2) is 5.75 Å². The summed E-state index contributed by atoms with van der Waals surface area (Å²) < 4.78 is 5.92. The molecule has 0 aliphatic heterocycles. The quantitative estimate of drug-likeness (QED) is 0.584. The molecule has 1 amide bonds. The number of anilines is 1. The molecule has 4 nitrogen and oxygen atoms in total. The van der Waals surface area contributed by atoms with Crippen LogP contribution in [0.5, 0.6) is 11.5 Å². The van der Waals surface area contributed by atoms with Crippen LogP contribution in [-0.4, -0.2) is 19.0 Å². The Morgan fingerprint density at radius 3 is 2.22 bits per heavy atom. The van der Waals surface area contributed by atoms with Crippen molar-refractivity contribution < 1.29 is 9.53 Å². The lowest BCUT2D eigenvalue weighted by molar-refractivity contribution is -0.120. The topological polar surface area (TPSA) is 50.4 Å². The van der Waals surface area contributed by atoms with Gasteiger partial charge in [-0.05, 0) is 36.2 Å². The third kappa shape index (κ3) is 6.19. The van der Waals surface area contributed by atoms with Gasteiger partial charge in [0, 0.05) is 19.5 Å². The largest absolute Gasteiger partial charge is 0.455 e. The normalized spacial score (nSPS) is 10.2. The lowest BCUT2D eigenvalue weighted by atomic mass is 10.1. The van der Waals surface area contributed by atoms with Crippen LogP contribution in [0.4, 0.5) is 5.69 Å². The van der Waals surface area contributed by atoms with Crippen molar-refractivity contribution >= 4 is 11.6 Å². The molecule has 0 unspecified atom stereocenters. The Kier molecular flexibility index (Phi) is 6.87. The minimum absolute atomic E-state index is 0.0416. The van der Waals surface area contributed by atoms with Gasteiger partial charge in [0.25, 0.3) is 0 Å². The molecule has 0 fully saturated rings. The molecule has 138 valence electrons. The second-order valence-electron chi connectivity index (χ2n) is 6.17. The third-order valence-corrected chi connectivity index (χ3v) is 4.10. The molecule has 0 bridgehead atoms. The van der Waals surface area contributed by atoms with E-state index in [-0.39, 0.29) is 5.91 Å². The maximum Gasteiger partial charge on any atom is 0.221 e. The molecule has 0 aromatic heterocycles. The van der Waals surface area contributed by atoms with E-state index < -0.39 is 0 Å². The van der Waals surface area contributed by atoms with Crippen molar-refractivity contribution in [2.75, 3.05) is 18.4 Å². The highest BCUT2D eigenvalue weighted by molar-refractivity contribution is 5.76. The molecule has 0 aliphatic carbocycles. The molecule has 3 aromatic carbocycles. The number of nitrogens with one attached hydrogen (secondary N) is 2. The SMILES string of the molecule is O=C(CCNc1ccccc1Oc1ccccc1)NCCc1ccccc1. The Labute approximate surface area is 160 Å². The van der Waals surface area contributed by atoms with Crippen molar-refractivity contribution in [2.24, 2.45) is 0 Å². The summed E-state index contributed by atoms with van der Waals surface area (Å²) in [6.07, 6.45) is 1.25. The van der Waals surface area contributed by atoms with Crippen molar-refractivity contribution in [3.8, 4) is 11.5 Å². The molecule has 27 heavy (non-hydrogen) atoms. The molecule has 0 heterocycles. The minimum Gasteiger partial charge on any atom is -0.455 e. The number of carbonyl (C=O) groups excluding carboxylic acids is 1. The molecular formula is C23H24N2O2. The van der Waals surface area contributed by atoms with Crippen molar-refractivity contribution in [3.63, 3.8) is 0 Å². The number of hydrogen-bond acceptors (Lipinski definition) is 3. The van der Waals surface area contributed by atoms with Crippen LogP contribution in [0.2, 0.25) is 0 Å². The van der Waals surface area contributed by atoms with E-state index >= 15 is 0 Å². The number of carbonyl (C=O) groups is 1. The molecule has 0 aliphatic rings. The van der Waals surface area contributed by atoms with Crippen molar-refractivity contribution in [1.82, 2.24) is 5.32 Å². The molecule has 4 heteroatoms. The van der Waals surface area contributed by atoms with Gasteiger partial charge < -0.3 is 15.4 Å². The lowest BCUT2D eigenvalue weighted by Crippen LogP contribution is -2.27. The minimum atomic E-state index is 0.0416. The fraction of sp³-hybridized carbons (Fsp3) is 0.174. The molecule has 0 atom stereocenters. The summed E-state index contributed by atoms with van der Waals surface area (Å²) in [6.45, 7) is 1.20. The first-order valence-electron chi connectivity index (χ1n) is 9.18. The van der Waals surface area contributed by atoms with Crippen LogP contribution in [0.3, 0.4) is 0 Å². The van der Waals surface area contributed by atoms with E-state index in [1.54, 1.807) is 0 Å². The van der Waals surface area contributed by atoms with E-state index in [9.17, 15) is 4.79 Å². The zero-order chi connectivity index (χ0) is 18.7. The van der Waals surface area contributed by atoms with E-state index in [0.29, 0.717) is 19.5 Å². The van der Waals surface area contributed by atoms with Crippen LogP contribution in [0.25, 0.3) is 0 Å². The van der Waals surface area contributed by atoms with E-state index in [2.05, 4.69) is 22.8 Å². The van der Waals surface area contributed by atoms with E-state index in [1.165, 1.54) is 5.56 Å². The average molecular weight is 360 g/mol. The van der Waals surface area contributed by atoms with Crippen LogP contribution < -0.4 is 15.4 Å². The van der Waals surface area contributed by atoms with E-state index in [4.69, 9.17) is 4.74 Å². The van der Waals surface area contributed by atoms with E-state index in [0.717, 1.165) is 23.6 Å². The van der Waals surface area contributed by atoms with Gasteiger partial charge in [-0.15, -0.1) is 0 Å². The zero-order valence-corrected chi connectivity index (χ0v) is 15.2. The van der Waals surface area contributed by atoms with E-state index in [1.807, 2.05) is 72.8 Å². The summed E-state index contributed by atoms with van der Waals surface area (Å²) in [4.78, 5) is 12.0. The maximum atomic E-state index is 12.0. The van der Waals surface area contributed by atoms with Crippen molar-refractivity contribution in [3.05, 3.63) is 90.5 Å². The number of amides is 1. The van der Waals surface area contributed by atoms with Gasteiger partial charge in [-0.1, -0.05) is 60.7 Å². The summed E-state index contributed by atoms with van der Waals surface area (Å²) in [5.41, 5.74) is 2.10. The molecule has 0 saturated heterocycles. The number of benzene rings is 3. The monoisotopic (exact) mass is 360 g/mol. The average Bonchev–Trinajstić information content (AvgIpc) is 2.71. The highest BCUT2D eigenvalue weighted by Crippen LogP contribution is 2.28. The molecule has 0 saturated carbocycles. The number of para-hydroxylation sites is 3. The summed E-state index contributed by atoms with van der Waals surface area (Å²) in [6, 6.07) is 27.5. The van der Waals surface area contributed by atoms with Gasteiger partial charge in [-0.2, -0.15) is 0 Å². The first kappa shape index (κ1) is 18.5. The fourth-order valence-electron chi connectivity index (χ4n) is 2.71. The molecule has 3 rings (SSSR count). The standard InChI is InChI=1S/C23H24N2O2/c26-23(25-17-15-19-9-3-1-4-10-19)16-18-24-21-13-7-8-14-22(21)27-20-11-5-2-6-12-20/h1-14,24H,15-18H2,(H,25,26). The van der Waals surface area contributed by atoms with Gasteiger partial charge in [0.1, 0.15) is 5.75 Å². The van der Waals surface area contributed by atoms with Crippen LogP contribution in [-0.2, 0) is 11.2 Å². The Balaban J connectivity index is 1.43. The second-order valence-corrected chi connectivity index (χ2v) is 6.17. The van der Waals surface area contributed by atoms with Crippen LogP contribution in [0, 0.1) is 0 Å². The Bertz CT molecular complexity index is 835. The summed E-state index contributed by atoms with van der Waals surface area (Å²) in [5.74, 6) is 1.57. The Morgan fingerprint density at radius 2 is 1.44 bits per heavy atom. The first-order chi connectivity index (χ1) is 13.3. The lowest BCUT2D eigenvalue weighted by Gasteiger charge is -2.13. The Morgan fingerprint density at radius 1 is 0.778 bits per heavy atom. The van der Waals surface area contributed by atoms with Crippen LogP contribution >= 0.6 is 0 Å². The summed E-state index contributed by atoms with van der Waals surface area (Å²) >= 11 is 0. The molecule has 0 radical (unpaired) electrons. The predicted molar refractivity (Wildman–Crippen MR) is 109 cm³/mol. The third-order valence-electron chi connectivity index (χ3n) is 4.10. The highest BCUT2D eigenvalue weighted by Gasteiger charge is 2.05. The van der Waals surface area contributed by atoms with Crippen LogP contribution in [0.1, 0.15) is 12.0 Å². The predicted octanol–water partition coefficient (Wildman–Crippen LogP) is 4.64. The number of hydrogen-bond donors (Lipinski definition) is 2. The molecular weight excluding hydrogens is 336 g/mol. The number of rotatable bonds is 9. The van der Waals surface area contributed by atoms with Crippen molar-refractivity contribution in [2.45, 2.75) is 12.8 Å². The second kappa shape index (κ2) is 10.0. The van der Waals surface area contributed by atoms with Gasteiger partial charge in [-0.3, -0.25) is 4.79 Å². The highest BCUT2D eigenvalue weighted by atomic mass is 16.5. The first-order valence-corrected chi connectivity index (χ1v) is 9.18. The van der Waals surface area contributed by atoms with Crippen LogP contribution in [0.15, 0.2) is 84.9 Å². The summed E-state index contributed by atoms with van der Waals surface area (Å²) in [5, 5.41) is 6.25. The molecule has 0 spiro atoms. The Hall–Kier alpha value is -3.27. The fourth-order valence-corrected chi connectivity index (χ4v) is 2.71. The van der Waals surface area contributed by atoms with Gasteiger partial charge >= 0.3 is 0 Å². The molecule has 2 N–H and O–H groups in total. The zero-order valence-electron chi connectivity index (χ0n) is 15.2. The van der Waals surface area contributed by atoms with Gasteiger partial charge in [0.05, 0.1) is 5.69 Å². The smallest absolute Gasteiger partial charge is 0.221 e. The molecule has 3 aromatic rings. The van der Waals surface area contributed by atoms with Crippen molar-refractivity contribution in [1.29, 1.82) is 0 Å². The maximum absolute atomic E-state index is 12.0. The summed E-state index contributed by atoms with van der Waals surface area (Å²) in [7, 11) is 0.